The second-order valence-electron chi connectivity index (χ2n) is 15.3. The largest absolute Gasteiger partial charge is 0.472 e. The number of quaternary nitrogens is 1. The summed E-state index contributed by atoms with van der Waals surface area (Å²) in [4.78, 5) is 35.4. The number of phosphoric ester groups is 1. The average molecular weight is 733 g/mol. The first kappa shape index (κ1) is 46.6. The molecule has 0 aromatic carbocycles. The van der Waals surface area contributed by atoms with Crippen molar-refractivity contribution in [2.45, 2.75) is 186 Å². The van der Waals surface area contributed by atoms with Crippen molar-refractivity contribution in [1.29, 1.82) is 0 Å². The molecule has 1 heterocycles. The lowest BCUT2D eigenvalue weighted by Gasteiger charge is -2.24. The van der Waals surface area contributed by atoms with Crippen LogP contribution >= 0.6 is 7.82 Å². The second kappa shape index (κ2) is 28.2. The predicted molar refractivity (Wildman–Crippen MR) is 200 cm³/mol. The summed E-state index contributed by atoms with van der Waals surface area (Å²) in [6.07, 6.45) is 26.0. The van der Waals surface area contributed by atoms with E-state index in [1.165, 1.54) is 103 Å². The van der Waals surface area contributed by atoms with Crippen LogP contribution in [0.3, 0.4) is 0 Å². The number of hydrogen-bond acceptors (Lipinski definition) is 9. The van der Waals surface area contributed by atoms with Gasteiger partial charge in [-0.3, -0.25) is 18.6 Å². The highest BCUT2D eigenvalue weighted by molar-refractivity contribution is 7.47. The number of carbonyl (C=O) groups is 2. The number of likely N-dealkylation sites (N-methyl/N-ethyl adjacent to an activating group) is 1. The molecule has 0 spiro atoms. The van der Waals surface area contributed by atoms with E-state index in [-0.39, 0.29) is 37.7 Å². The van der Waals surface area contributed by atoms with Crippen molar-refractivity contribution in [3.05, 3.63) is 0 Å². The highest BCUT2D eigenvalue weighted by atomic mass is 31.2. The van der Waals surface area contributed by atoms with E-state index in [1.807, 2.05) is 21.1 Å². The molecule has 0 aliphatic carbocycles. The molecule has 0 bridgehead atoms. The second-order valence-corrected chi connectivity index (χ2v) is 16.8. The molecule has 0 radical (unpaired) electrons. The molecular formula is C38H75N3O8P+. The lowest BCUT2D eigenvalue weighted by Crippen LogP contribution is -2.37. The lowest BCUT2D eigenvalue weighted by molar-refractivity contribution is -0.870. The van der Waals surface area contributed by atoms with Gasteiger partial charge in [-0.25, -0.2) is 4.57 Å². The number of carbonyl (C=O) groups excluding carboxylic acids is 2. The number of rotatable bonds is 36. The maximum absolute atomic E-state index is 12.8. The minimum Gasteiger partial charge on any atom is -0.462 e. The van der Waals surface area contributed by atoms with Crippen molar-refractivity contribution in [3.8, 4) is 0 Å². The number of phosphoric acid groups is 1. The average Bonchev–Trinajstić information content (AvgIpc) is 3.82. The fraction of sp³-hybridized carbons (Fsp3) is 0.947. The quantitative estimate of drug-likeness (QED) is 0.0291. The van der Waals surface area contributed by atoms with Gasteiger partial charge in [-0.15, -0.1) is 0 Å². The number of nitrogens with zero attached hydrogens (tertiary/aromatic N) is 3. The summed E-state index contributed by atoms with van der Waals surface area (Å²) in [6, 6.07) is 0. The van der Waals surface area contributed by atoms with Gasteiger partial charge in [-0.05, 0) is 32.1 Å². The van der Waals surface area contributed by atoms with Crippen LogP contribution in [-0.4, -0.2) is 80.6 Å². The highest BCUT2D eigenvalue weighted by Gasteiger charge is 2.38. The van der Waals surface area contributed by atoms with Gasteiger partial charge in [0.2, 0.25) is 0 Å². The third-order valence-corrected chi connectivity index (χ3v) is 10.2. The first-order valence-corrected chi connectivity index (χ1v) is 21.6. The topological polar surface area (TPSA) is 133 Å². The van der Waals surface area contributed by atoms with Gasteiger partial charge in [-0.2, -0.15) is 10.2 Å². The van der Waals surface area contributed by atoms with E-state index in [4.69, 9.17) is 18.5 Å². The Morgan fingerprint density at radius 2 is 1.10 bits per heavy atom. The standard InChI is InChI=1S/C38H74N3O8P/c1-6-8-10-12-14-15-16-17-18-19-20-22-24-27-36(42)46-33-35(34-48-50(44,45)47-32-31-41(3,4)5)49-37(43)28-26-30-38(39-40-38)29-25-23-21-13-11-9-7-2/h35H,6-34H2,1-5H3/p+1. The zero-order chi connectivity index (χ0) is 37.0. The molecule has 2 unspecified atom stereocenters. The molecule has 294 valence electrons. The van der Waals surface area contributed by atoms with Crippen LogP contribution in [0.4, 0.5) is 0 Å². The Kier molecular flexibility index (Phi) is 26.3. The molecule has 0 aromatic rings. The van der Waals surface area contributed by atoms with E-state index in [1.54, 1.807) is 0 Å². The fourth-order valence-corrected chi connectivity index (χ4v) is 6.57. The van der Waals surface area contributed by atoms with Crippen LogP contribution < -0.4 is 0 Å². The van der Waals surface area contributed by atoms with E-state index in [2.05, 4.69) is 24.1 Å². The molecule has 50 heavy (non-hydrogen) atoms. The molecule has 0 aromatic heterocycles. The van der Waals surface area contributed by atoms with Crippen molar-refractivity contribution in [2.24, 2.45) is 10.2 Å². The predicted octanol–water partition coefficient (Wildman–Crippen LogP) is 10.2. The van der Waals surface area contributed by atoms with Gasteiger partial charge in [0.1, 0.15) is 19.8 Å². The van der Waals surface area contributed by atoms with E-state index in [9.17, 15) is 19.0 Å². The van der Waals surface area contributed by atoms with Crippen molar-refractivity contribution in [1.82, 2.24) is 0 Å². The van der Waals surface area contributed by atoms with E-state index in [0.29, 0.717) is 23.9 Å². The Hall–Kier alpha value is -1.39. The van der Waals surface area contributed by atoms with Crippen LogP contribution in [0, 0.1) is 0 Å². The molecule has 0 fully saturated rings. The molecule has 0 saturated heterocycles. The van der Waals surface area contributed by atoms with Crippen molar-refractivity contribution in [2.75, 3.05) is 47.5 Å². The molecule has 0 saturated carbocycles. The normalized spacial score (nSPS) is 15.5. The molecule has 1 N–H and O–H groups in total. The van der Waals surface area contributed by atoms with Gasteiger partial charge >= 0.3 is 19.8 Å². The van der Waals surface area contributed by atoms with Gasteiger partial charge in [0.05, 0.1) is 27.7 Å². The maximum Gasteiger partial charge on any atom is 0.472 e. The van der Waals surface area contributed by atoms with Crippen LogP contribution in [0.15, 0.2) is 10.2 Å². The van der Waals surface area contributed by atoms with Gasteiger partial charge in [0, 0.05) is 12.8 Å². The van der Waals surface area contributed by atoms with Crippen LogP contribution in [0.5, 0.6) is 0 Å². The summed E-state index contributed by atoms with van der Waals surface area (Å²) in [5.74, 6) is -0.874. The Morgan fingerprint density at radius 1 is 0.640 bits per heavy atom. The summed E-state index contributed by atoms with van der Waals surface area (Å²) >= 11 is 0. The maximum atomic E-state index is 12.8. The van der Waals surface area contributed by atoms with E-state index in [0.717, 1.165) is 32.1 Å². The van der Waals surface area contributed by atoms with E-state index >= 15 is 0 Å². The van der Waals surface area contributed by atoms with Crippen molar-refractivity contribution < 1.29 is 42.1 Å². The van der Waals surface area contributed by atoms with E-state index < -0.39 is 26.5 Å². The highest BCUT2D eigenvalue weighted by Crippen LogP contribution is 2.43. The molecule has 11 nitrogen and oxygen atoms in total. The summed E-state index contributed by atoms with van der Waals surface area (Å²) in [7, 11) is 1.43. The number of hydrogen-bond donors (Lipinski definition) is 1. The van der Waals surface area contributed by atoms with Crippen molar-refractivity contribution >= 4 is 19.8 Å². The minimum absolute atomic E-state index is 0.0204. The zero-order valence-electron chi connectivity index (χ0n) is 32.7. The fourth-order valence-electron chi connectivity index (χ4n) is 5.83. The molecule has 2 atom stereocenters. The molecule has 1 aliphatic heterocycles. The van der Waals surface area contributed by atoms with Crippen molar-refractivity contribution in [3.63, 3.8) is 0 Å². The third-order valence-electron chi connectivity index (χ3n) is 9.17. The first-order valence-electron chi connectivity index (χ1n) is 20.1. The Morgan fingerprint density at radius 3 is 1.60 bits per heavy atom. The van der Waals surface area contributed by atoms with Crippen LogP contribution in [0.1, 0.15) is 174 Å². The SMILES string of the molecule is CCCCCCCCCCCCCCCC(=O)OCC(COP(=O)(O)OCC[N+](C)(C)C)OC(=O)CCCC1(CCCCCCCCC)N=N1. The van der Waals surface area contributed by atoms with Crippen LogP contribution in [0.25, 0.3) is 0 Å². The minimum atomic E-state index is -4.39. The summed E-state index contributed by atoms with van der Waals surface area (Å²) in [5.41, 5.74) is -0.359. The first-order chi connectivity index (χ1) is 23.9. The molecule has 12 heteroatoms. The summed E-state index contributed by atoms with van der Waals surface area (Å²) < 4.78 is 34.3. The monoisotopic (exact) mass is 733 g/mol. The lowest BCUT2D eigenvalue weighted by atomic mass is 9.98. The van der Waals surface area contributed by atoms with Gasteiger partial charge in [0.15, 0.2) is 11.8 Å². The van der Waals surface area contributed by atoms with Gasteiger partial charge in [-0.1, -0.05) is 129 Å². The van der Waals surface area contributed by atoms with Gasteiger partial charge < -0.3 is 18.9 Å². The number of esters is 2. The Balaban J connectivity index is 2.39. The summed E-state index contributed by atoms with van der Waals surface area (Å²) in [6.45, 7) is 4.31. The molecule has 1 aliphatic rings. The number of ether oxygens (including phenoxy) is 2. The van der Waals surface area contributed by atoms with Crippen LogP contribution in [0.2, 0.25) is 0 Å². The Labute approximate surface area is 305 Å². The Bertz CT molecular complexity index is 953. The van der Waals surface area contributed by atoms with Gasteiger partial charge in [0.25, 0.3) is 0 Å². The summed E-state index contributed by atoms with van der Waals surface area (Å²) in [5, 5.41) is 8.54. The molecule has 0 amide bonds. The molecular weight excluding hydrogens is 657 g/mol. The van der Waals surface area contributed by atoms with Crippen LogP contribution in [-0.2, 0) is 32.7 Å². The third kappa shape index (κ3) is 28.2. The zero-order valence-corrected chi connectivity index (χ0v) is 33.6. The molecule has 1 rings (SSSR count). The number of unbranched alkanes of at least 4 members (excludes halogenated alkanes) is 18. The smallest absolute Gasteiger partial charge is 0.462 e.